The van der Waals surface area contributed by atoms with Crippen LogP contribution in [0.1, 0.15) is 11.5 Å². The van der Waals surface area contributed by atoms with Gasteiger partial charge in [0.15, 0.2) is 5.43 Å². The zero-order valence-corrected chi connectivity index (χ0v) is 5.18. The molecule has 0 saturated carbocycles. The lowest BCUT2D eigenvalue weighted by atomic mass is 10.4. The van der Waals surface area contributed by atoms with Gasteiger partial charge in [-0.05, 0) is 6.92 Å². The van der Waals surface area contributed by atoms with Gasteiger partial charge >= 0.3 is 0 Å². The molecule has 9 heavy (non-hydrogen) atoms. The smallest absolute Gasteiger partial charge is 0.185 e. The normalized spacial score (nSPS) is 9.56. The topological polar surface area (TPSA) is 30.2 Å². The van der Waals surface area contributed by atoms with Crippen molar-refractivity contribution in [3.05, 3.63) is 40.8 Å². The summed E-state index contributed by atoms with van der Waals surface area (Å²) in [6.45, 7) is 5.19. The van der Waals surface area contributed by atoms with Crippen molar-refractivity contribution in [2.24, 2.45) is 0 Å². The average molecular weight is 123 g/mol. The highest BCUT2D eigenvalue weighted by molar-refractivity contribution is 5.06. The van der Waals surface area contributed by atoms with Crippen LogP contribution in [0.4, 0.5) is 0 Å². The minimum atomic E-state index is -0.0521. The summed E-state index contributed by atoms with van der Waals surface area (Å²) in [5, 5.41) is 0. The van der Waals surface area contributed by atoms with E-state index in [9.17, 15) is 4.79 Å². The van der Waals surface area contributed by atoms with E-state index >= 15 is 0 Å². The van der Waals surface area contributed by atoms with Gasteiger partial charge in [0.05, 0.1) is 0 Å². The van der Waals surface area contributed by atoms with Crippen LogP contribution in [0.15, 0.2) is 21.3 Å². The zero-order valence-electron chi connectivity index (χ0n) is 5.18. The van der Waals surface area contributed by atoms with Crippen molar-refractivity contribution in [2.45, 2.75) is 6.92 Å². The maximum absolute atomic E-state index is 10.6. The molecule has 0 amide bonds. The Hall–Kier alpha value is -1.05. The van der Waals surface area contributed by atoms with Gasteiger partial charge in [-0.25, -0.2) is 0 Å². The van der Waals surface area contributed by atoms with Crippen molar-refractivity contribution in [2.75, 3.05) is 0 Å². The van der Waals surface area contributed by atoms with Crippen molar-refractivity contribution in [1.82, 2.24) is 0 Å². The first-order valence-corrected chi connectivity index (χ1v) is 2.62. The fourth-order valence-corrected chi connectivity index (χ4v) is 0.666. The molecule has 1 aromatic rings. The SMILES string of the molecule is [CH2]c1cc(=O)cc(C)o1. The van der Waals surface area contributed by atoms with E-state index in [0.29, 0.717) is 11.5 Å². The molecule has 0 bridgehead atoms. The van der Waals surface area contributed by atoms with Gasteiger partial charge in [-0.3, -0.25) is 4.79 Å². The van der Waals surface area contributed by atoms with E-state index in [4.69, 9.17) is 4.42 Å². The Bertz CT molecular complexity index is 237. The van der Waals surface area contributed by atoms with Crippen molar-refractivity contribution in [3.63, 3.8) is 0 Å². The molecule has 1 radical (unpaired) electrons. The standard InChI is InChI=1S/C7H7O2/c1-5-3-7(8)4-6(2)9-5/h3-4H,1H2,2H3. The Morgan fingerprint density at radius 1 is 1.56 bits per heavy atom. The predicted molar refractivity (Wildman–Crippen MR) is 34.2 cm³/mol. The number of hydrogen-bond donors (Lipinski definition) is 0. The second-order valence-electron chi connectivity index (χ2n) is 1.87. The molecule has 0 aromatic carbocycles. The fourth-order valence-electron chi connectivity index (χ4n) is 0.666. The van der Waals surface area contributed by atoms with Gasteiger partial charge in [0, 0.05) is 19.1 Å². The van der Waals surface area contributed by atoms with E-state index in [1.807, 2.05) is 0 Å². The predicted octanol–water partition coefficient (Wildman–Crippen LogP) is 1.13. The third-order valence-corrected chi connectivity index (χ3v) is 0.941. The first-order valence-electron chi connectivity index (χ1n) is 2.62. The van der Waals surface area contributed by atoms with Crippen LogP contribution >= 0.6 is 0 Å². The average Bonchev–Trinajstić information content (AvgIpc) is 1.59. The Labute approximate surface area is 53.1 Å². The lowest BCUT2D eigenvalue weighted by Gasteiger charge is -1.91. The van der Waals surface area contributed by atoms with Crippen molar-refractivity contribution < 1.29 is 4.42 Å². The van der Waals surface area contributed by atoms with Gasteiger partial charge < -0.3 is 4.42 Å². The summed E-state index contributed by atoms with van der Waals surface area (Å²) in [4.78, 5) is 10.6. The summed E-state index contributed by atoms with van der Waals surface area (Å²) in [6, 6.07) is 2.78. The highest BCUT2D eigenvalue weighted by atomic mass is 16.3. The second kappa shape index (κ2) is 2.05. The van der Waals surface area contributed by atoms with Gasteiger partial charge in [0.2, 0.25) is 0 Å². The molecule has 0 spiro atoms. The molecule has 0 aliphatic carbocycles. The number of aryl methyl sites for hydroxylation is 1. The third kappa shape index (κ3) is 1.42. The molecule has 0 saturated heterocycles. The highest BCUT2D eigenvalue weighted by Gasteiger charge is 1.90. The molecular formula is C7H7O2. The van der Waals surface area contributed by atoms with E-state index in [2.05, 4.69) is 6.92 Å². The second-order valence-corrected chi connectivity index (χ2v) is 1.87. The van der Waals surface area contributed by atoms with Crippen LogP contribution in [-0.4, -0.2) is 0 Å². The van der Waals surface area contributed by atoms with Crippen LogP contribution in [0.2, 0.25) is 0 Å². The van der Waals surface area contributed by atoms with Gasteiger partial charge in [-0.1, -0.05) is 0 Å². The molecule has 0 fully saturated rings. The molecule has 47 valence electrons. The Kier molecular flexibility index (Phi) is 1.39. The van der Waals surface area contributed by atoms with Crippen LogP contribution < -0.4 is 5.43 Å². The van der Waals surface area contributed by atoms with Crippen molar-refractivity contribution in [3.8, 4) is 0 Å². The lowest BCUT2D eigenvalue weighted by Crippen LogP contribution is -1.97. The molecule has 1 heterocycles. The minimum absolute atomic E-state index is 0.0521. The molecule has 0 atom stereocenters. The Morgan fingerprint density at radius 2 is 2.22 bits per heavy atom. The zero-order chi connectivity index (χ0) is 6.85. The highest BCUT2D eigenvalue weighted by Crippen LogP contribution is 1.95. The minimum Gasteiger partial charge on any atom is -0.466 e. The molecule has 1 rings (SSSR count). The first kappa shape index (κ1) is 6.08. The van der Waals surface area contributed by atoms with Crippen LogP contribution in [0.25, 0.3) is 0 Å². The summed E-state index contributed by atoms with van der Waals surface area (Å²) in [5.41, 5.74) is -0.0521. The van der Waals surface area contributed by atoms with E-state index in [1.165, 1.54) is 12.1 Å². The van der Waals surface area contributed by atoms with Gasteiger partial charge in [0.25, 0.3) is 0 Å². The first-order chi connectivity index (χ1) is 4.18. The van der Waals surface area contributed by atoms with Crippen LogP contribution in [0, 0.1) is 13.8 Å². The van der Waals surface area contributed by atoms with Gasteiger partial charge in [-0.15, -0.1) is 0 Å². The maximum Gasteiger partial charge on any atom is 0.185 e. The Morgan fingerprint density at radius 3 is 2.67 bits per heavy atom. The molecule has 0 N–H and O–H groups in total. The van der Waals surface area contributed by atoms with E-state index in [1.54, 1.807) is 6.92 Å². The summed E-state index contributed by atoms with van der Waals surface area (Å²) in [6.07, 6.45) is 0. The summed E-state index contributed by atoms with van der Waals surface area (Å²) in [7, 11) is 0. The summed E-state index contributed by atoms with van der Waals surface area (Å²) in [5.74, 6) is 1.02. The quantitative estimate of drug-likeness (QED) is 0.517. The number of rotatable bonds is 0. The molecule has 0 aliphatic heterocycles. The maximum atomic E-state index is 10.6. The molecule has 0 aliphatic rings. The number of hydrogen-bond acceptors (Lipinski definition) is 2. The van der Waals surface area contributed by atoms with Gasteiger partial charge in [-0.2, -0.15) is 0 Å². The largest absolute Gasteiger partial charge is 0.466 e. The van der Waals surface area contributed by atoms with Crippen LogP contribution in [0.5, 0.6) is 0 Å². The Balaban J connectivity index is 3.33. The van der Waals surface area contributed by atoms with E-state index in [-0.39, 0.29) is 5.43 Å². The fraction of sp³-hybridized carbons (Fsp3) is 0.143. The molecule has 2 nitrogen and oxygen atoms in total. The van der Waals surface area contributed by atoms with E-state index < -0.39 is 0 Å². The summed E-state index contributed by atoms with van der Waals surface area (Å²) >= 11 is 0. The van der Waals surface area contributed by atoms with Crippen LogP contribution in [-0.2, 0) is 0 Å². The molecular weight excluding hydrogens is 116 g/mol. The molecule has 1 aromatic heterocycles. The van der Waals surface area contributed by atoms with Crippen LogP contribution in [0.3, 0.4) is 0 Å². The van der Waals surface area contributed by atoms with Gasteiger partial charge in [0.1, 0.15) is 11.5 Å². The molecule has 2 heteroatoms. The van der Waals surface area contributed by atoms with Crippen molar-refractivity contribution in [1.29, 1.82) is 0 Å². The lowest BCUT2D eigenvalue weighted by molar-refractivity contribution is 0.497. The van der Waals surface area contributed by atoms with E-state index in [0.717, 1.165) is 0 Å². The monoisotopic (exact) mass is 123 g/mol. The molecule has 0 unspecified atom stereocenters. The summed E-state index contributed by atoms with van der Waals surface area (Å²) < 4.78 is 4.95. The van der Waals surface area contributed by atoms with Crippen molar-refractivity contribution >= 4 is 0 Å². The third-order valence-electron chi connectivity index (χ3n) is 0.941.